The number of carbonyl (C=O) groups is 3. The highest BCUT2D eigenvalue weighted by molar-refractivity contribution is 6.02. The predicted molar refractivity (Wildman–Crippen MR) is 81.5 cm³/mol. The van der Waals surface area contributed by atoms with E-state index in [1.165, 1.54) is 19.3 Å². The third kappa shape index (κ3) is 3.28. The molecular formula is C17H22O6. The smallest absolute Gasteiger partial charge is 0.313 e. The summed E-state index contributed by atoms with van der Waals surface area (Å²) in [7, 11) is 1.53. The lowest BCUT2D eigenvalue weighted by Gasteiger charge is -2.33. The summed E-state index contributed by atoms with van der Waals surface area (Å²) < 4.78 is 16.2. The third-order valence-corrected chi connectivity index (χ3v) is 4.60. The maximum atomic E-state index is 12.2. The van der Waals surface area contributed by atoms with Crippen LogP contribution in [-0.2, 0) is 28.6 Å². The molecule has 1 saturated carbocycles. The Bertz CT molecular complexity index is 551. The van der Waals surface area contributed by atoms with Crippen LogP contribution in [-0.4, -0.2) is 43.1 Å². The van der Waals surface area contributed by atoms with E-state index in [2.05, 4.69) is 6.58 Å². The maximum Gasteiger partial charge on any atom is 0.313 e. The molecule has 0 aromatic rings. The first kappa shape index (κ1) is 17.6. The fourth-order valence-electron chi connectivity index (χ4n) is 3.29. The predicted octanol–water partition coefficient (Wildman–Crippen LogP) is 1.73. The standard InChI is InChI=1S/C17H22O6/c1-4-9-22-15(20)10-12(18)5-6-13-11-16(2)14(19)7-8-17(16,21-3)23-13/h4-6,13H,1,7-11H2,2-3H3/b6-5+/t13?,16-,17+/m1/s1. The molecule has 2 aliphatic rings. The monoisotopic (exact) mass is 322 g/mol. The van der Waals surface area contributed by atoms with Crippen LogP contribution < -0.4 is 0 Å². The molecule has 0 N–H and O–H groups in total. The van der Waals surface area contributed by atoms with Crippen molar-refractivity contribution in [3.63, 3.8) is 0 Å². The normalized spacial score (nSPS) is 33.0. The molecular weight excluding hydrogens is 300 g/mol. The molecule has 1 unspecified atom stereocenters. The quantitative estimate of drug-likeness (QED) is 0.307. The molecule has 126 valence electrons. The Hall–Kier alpha value is -1.79. The molecule has 2 rings (SSSR count). The summed E-state index contributed by atoms with van der Waals surface area (Å²) >= 11 is 0. The summed E-state index contributed by atoms with van der Waals surface area (Å²) in [4.78, 5) is 35.2. The number of esters is 1. The summed E-state index contributed by atoms with van der Waals surface area (Å²) in [5.41, 5.74) is -0.692. The van der Waals surface area contributed by atoms with Crippen LogP contribution in [0.2, 0.25) is 0 Å². The van der Waals surface area contributed by atoms with Gasteiger partial charge in [0.05, 0.1) is 11.5 Å². The lowest BCUT2D eigenvalue weighted by molar-refractivity contribution is -0.234. The van der Waals surface area contributed by atoms with Gasteiger partial charge in [-0.25, -0.2) is 0 Å². The minimum atomic E-state index is -0.912. The van der Waals surface area contributed by atoms with Crippen molar-refractivity contribution in [1.29, 1.82) is 0 Å². The zero-order chi connectivity index (χ0) is 17.1. The second-order valence-electron chi connectivity index (χ2n) is 6.05. The van der Waals surface area contributed by atoms with Crippen molar-refractivity contribution in [3.8, 4) is 0 Å². The maximum absolute atomic E-state index is 12.2. The molecule has 1 saturated heterocycles. The van der Waals surface area contributed by atoms with Gasteiger partial charge in [-0.05, 0) is 19.4 Å². The molecule has 1 aliphatic heterocycles. The zero-order valence-corrected chi connectivity index (χ0v) is 13.5. The first-order valence-corrected chi connectivity index (χ1v) is 7.61. The number of allylic oxidation sites excluding steroid dienone is 1. The largest absolute Gasteiger partial charge is 0.461 e. The Morgan fingerprint density at radius 3 is 2.83 bits per heavy atom. The number of hydrogen-bond acceptors (Lipinski definition) is 6. The van der Waals surface area contributed by atoms with Crippen LogP contribution >= 0.6 is 0 Å². The van der Waals surface area contributed by atoms with Crippen molar-refractivity contribution in [2.45, 2.75) is 44.5 Å². The Morgan fingerprint density at radius 1 is 1.48 bits per heavy atom. The van der Waals surface area contributed by atoms with Gasteiger partial charge >= 0.3 is 5.97 Å². The van der Waals surface area contributed by atoms with Crippen LogP contribution in [0.1, 0.15) is 32.6 Å². The lowest BCUT2D eigenvalue weighted by Crippen LogP contribution is -2.43. The zero-order valence-electron chi connectivity index (χ0n) is 13.5. The topological polar surface area (TPSA) is 78.9 Å². The SMILES string of the molecule is C=CCOC(=O)CC(=O)/C=C/C1C[C@]2(C)C(=O)CC[C@]2(OC)O1. The summed E-state index contributed by atoms with van der Waals surface area (Å²) in [6.07, 6.45) is 5.02. The van der Waals surface area contributed by atoms with Gasteiger partial charge in [0, 0.05) is 20.0 Å². The van der Waals surface area contributed by atoms with Crippen LogP contribution in [0.15, 0.2) is 24.8 Å². The van der Waals surface area contributed by atoms with Crippen molar-refractivity contribution in [1.82, 2.24) is 0 Å². The van der Waals surface area contributed by atoms with Gasteiger partial charge in [-0.3, -0.25) is 14.4 Å². The number of fused-ring (bicyclic) bond motifs is 1. The molecule has 6 heteroatoms. The molecule has 3 atom stereocenters. The minimum Gasteiger partial charge on any atom is -0.461 e. The fraction of sp³-hybridized carbons (Fsp3) is 0.588. The van der Waals surface area contributed by atoms with Crippen molar-refractivity contribution in [2.24, 2.45) is 5.41 Å². The van der Waals surface area contributed by atoms with Crippen molar-refractivity contribution >= 4 is 17.5 Å². The fourth-order valence-corrected chi connectivity index (χ4v) is 3.29. The summed E-state index contributed by atoms with van der Waals surface area (Å²) in [5, 5.41) is 0. The molecule has 0 aromatic carbocycles. The van der Waals surface area contributed by atoms with Crippen LogP contribution in [0.25, 0.3) is 0 Å². The number of carbonyl (C=O) groups excluding carboxylic acids is 3. The van der Waals surface area contributed by atoms with E-state index in [-0.39, 0.29) is 24.6 Å². The van der Waals surface area contributed by atoms with E-state index in [0.29, 0.717) is 19.3 Å². The Kier molecular flexibility index (Phi) is 5.16. The first-order valence-electron chi connectivity index (χ1n) is 7.61. The molecule has 0 amide bonds. The average molecular weight is 322 g/mol. The highest BCUT2D eigenvalue weighted by atomic mass is 16.7. The van der Waals surface area contributed by atoms with Gasteiger partial charge in [0.1, 0.15) is 18.8 Å². The second kappa shape index (κ2) is 6.76. The van der Waals surface area contributed by atoms with Gasteiger partial charge in [-0.15, -0.1) is 0 Å². The number of hydrogen-bond donors (Lipinski definition) is 0. The molecule has 6 nitrogen and oxygen atoms in total. The molecule has 0 aromatic heterocycles. The van der Waals surface area contributed by atoms with E-state index in [1.54, 1.807) is 6.08 Å². The average Bonchev–Trinajstić information content (AvgIpc) is 2.94. The summed E-state index contributed by atoms with van der Waals surface area (Å²) in [6.45, 7) is 5.35. The highest BCUT2D eigenvalue weighted by Gasteiger charge is 2.64. The van der Waals surface area contributed by atoms with E-state index in [1.807, 2.05) is 6.92 Å². The van der Waals surface area contributed by atoms with Crippen LogP contribution in [0.3, 0.4) is 0 Å². The van der Waals surface area contributed by atoms with Crippen LogP contribution in [0.4, 0.5) is 0 Å². The van der Waals surface area contributed by atoms with Gasteiger partial charge < -0.3 is 14.2 Å². The Morgan fingerprint density at radius 2 is 2.22 bits per heavy atom. The van der Waals surface area contributed by atoms with Gasteiger partial charge in [0.15, 0.2) is 11.6 Å². The van der Waals surface area contributed by atoms with E-state index in [9.17, 15) is 14.4 Å². The molecule has 1 aliphatic carbocycles. The van der Waals surface area contributed by atoms with E-state index in [0.717, 1.165) is 0 Å². The molecule has 0 bridgehead atoms. The number of ether oxygens (including phenoxy) is 3. The van der Waals surface area contributed by atoms with Crippen LogP contribution in [0.5, 0.6) is 0 Å². The molecule has 23 heavy (non-hydrogen) atoms. The molecule has 0 spiro atoms. The van der Waals surface area contributed by atoms with Gasteiger partial charge in [-0.1, -0.05) is 18.7 Å². The third-order valence-electron chi connectivity index (χ3n) is 4.60. The van der Waals surface area contributed by atoms with E-state index < -0.39 is 23.3 Å². The molecule has 0 radical (unpaired) electrons. The minimum absolute atomic E-state index is 0.0817. The van der Waals surface area contributed by atoms with E-state index in [4.69, 9.17) is 14.2 Å². The van der Waals surface area contributed by atoms with Gasteiger partial charge in [0.2, 0.25) is 0 Å². The molecule has 1 heterocycles. The highest BCUT2D eigenvalue weighted by Crippen LogP contribution is 2.55. The number of Topliss-reactive ketones (excluding diaryl/α,β-unsaturated/α-hetero) is 1. The van der Waals surface area contributed by atoms with Crippen molar-refractivity contribution in [2.75, 3.05) is 13.7 Å². The first-order chi connectivity index (χ1) is 10.9. The number of ketones is 2. The number of methoxy groups -OCH3 is 1. The summed E-state index contributed by atoms with van der Waals surface area (Å²) in [5.74, 6) is -1.76. The van der Waals surface area contributed by atoms with Gasteiger partial charge in [0.25, 0.3) is 0 Å². The Labute approximate surface area is 135 Å². The van der Waals surface area contributed by atoms with Crippen molar-refractivity contribution in [3.05, 3.63) is 24.8 Å². The summed E-state index contributed by atoms with van der Waals surface area (Å²) in [6, 6.07) is 0. The van der Waals surface area contributed by atoms with Crippen LogP contribution in [0, 0.1) is 5.41 Å². The lowest BCUT2D eigenvalue weighted by atomic mass is 9.80. The van der Waals surface area contributed by atoms with Gasteiger partial charge in [-0.2, -0.15) is 0 Å². The van der Waals surface area contributed by atoms with Crippen molar-refractivity contribution < 1.29 is 28.6 Å². The number of rotatable bonds is 7. The molecule has 2 fully saturated rings. The second-order valence-corrected chi connectivity index (χ2v) is 6.05. The van der Waals surface area contributed by atoms with E-state index >= 15 is 0 Å². The Balaban J connectivity index is 1.95.